The van der Waals surface area contributed by atoms with E-state index in [4.69, 9.17) is 5.11 Å². The van der Waals surface area contributed by atoms with Crippen molar-refractivity contribution in [3.63, 3.8) is 0 Å². The SMILES string of the molecule is CC(C)CC/C(=C\C(=O)O)C(C)C. The molecule has 0 rings (SSSR count). The van der Waals surface area contributed by atoms with E-state index in [0.717, 1.165) is 18.4 Å². The zero-order valence-electron chi connectivity index (χ0n) is 9.00. The Hall–Kier alpha value is -0.790. The molecule has 0 spiro atoms. The molecule has 0 atom stereocenters. The summed E-state index contributed by atoms with van der Waals surface area (Å²) in [6.07, 6.45) is 3.33. The Labute approximate surface area is 80.7 Å². The van der Waals surface area contributed by atoms with Crippen molar-refractivity contribution < 1.29 is 9.90 Å². The van der Waals surface area contributed by atoms with Gasteiger partial charge in [0.1, 0.15) is 0 Å². The fourth-order valence-electron chi connectivity index (χ4n) is 1.14. The first-order chi connectivity index (χ1) is 5.93. The number of allylic oxidation sites excluding steroid dienone is 1. The fourth-order valence-corrected chi connectivity index (χ4v) is 1.14. The zero-order chi connectivity index (χ0) is 10.4. The average molecular weight is 184 g/mol. The maximum absolute atomic E-state index is 10.5. The van der Waals surface area contributed by atoms with E-state index in [1.807, 2.05) is 13.8 Å². The van der Waals surface area contributed by atoms with E-state index in [9.17, 15) is 4.79 Å². The summed E-state index contributed by atoms with van der Waals surface area (Å²) < 4.78 is 0. The molecule has 0 saturated heterocycles. The second-order valence-electron chi connectivity index (χ2n) is 4.14. The van der Waals surface area contributed by atoms with E-state index in [0.29, 0.717) is 11.8 Å². The molecule has 2 nitrogen and oxygen atoms in total. The molecule has 0 radical (unpaired) electrons. The van der Waals surface area contributed by atoms with Gasteiger partial charge >= 0.3 is 5.97 Å². The Morgan fingerprint density at radius 2 is 1.85 bits per heavy atom. The molecule has 0 aromatic heterocycles. The largest absolute Gasteiger partial charge is 0.478 e. The first kappa shape index (κ1) is 12.2. The van der Waals surface area contributed by atoms with E-state index in [1.165, 1.54) is 6.08 Å². The second kappa shape index (κ2) is 5.79. The van der Waals surface area contributed by atoms with Crippen LogP contribution in [0.1, 0.15) is 40.5 Å². The Morgan fingerprint density at radius 3 is 2.15 bits per heavy atom. The molecule has 0 bridgehead atoms. The number of rotatable bonds is 5. The predicted octanol–water partition coefficient (Wildman–Crippen LogP) is 3.09. The maximum Gasteiger partial charge on any atom is 0.328 e. The summed E-state index contributed by atoms with van der Waals surface area (Å²) in [5.41, 5.74) is 1.04. The van der Waals surface area contributed by atoms with Gasteiger partial charge in [0.2, 0.25) is 0 Å². The topological polar surface area (TPSA) is 37.3 Å². The highest BCUT2D eigenvalue weighted by atomic mass is 16.4. The van der Waals surface area contributed by atoms with Gasteiger partial charge in [-0.1, -0.05) is 33.3 Å². The molecule has 0 aliphatic carbocycles. The summed E-state index contributed by atoms with van der Waals surface area (Å²) in [7, 11) is 0. The van der Waals surface area contributed by atoms with Crippen LogP contribution in [-0.2, 0) is 4.79 Å². The van der Waals surface area contributed by atoms with Gasteiger partial charge in [0.15, 0.2) is 0 Å². The van der Waals surface area contributed by atoms with E-state index >= 15 is 0 Å². The molecule has 13 heavy (non-hydrogen) atoms. The van der Waals surface area contributed by atoms with Gasteiger partial charge in [-0.2, -0.15) is 0 Å². The van der Waals surface area contributed by atoms with Crippen molar-refractivity contribution in [2.75, 3.05) is 0 Å². The highest BCUT2D eigenvalue weighted by Gasteiger charge is 2.06. The first-order valence-electron chi connectivity index (χ1n) is 4.86. The Bertz CT molecular complexity index is 190. The van der Waals surface area contributed by atoms with Gasteiger partial charge in [-0.05, 0) is 24.7 Å². The lowest BCUT2D eigenvalue weighted by Gasteiger charge is -2.11. The lowest BCUT2D eigenvalue weighted by Crippen LogP contribution is -2.01. The summed E-state index contributed by atoms with van der Waals surface area (Å²) in [6.45, 7) is 8.38. The predicted molar refractivity (Wildman–Crippen MR) is 54.6 cm³/mol. The van der Waals surface area contributed by atoms with Crippen molar-refractivity contribution in [1.82, 2.24) is 0 Å². The standard InChI is InChI=1S/C11H20O2/c1-8(2)5-6-10(9(3)4)7-11(12)13/h7-9H,5-6H2,1-4H3,(H,12,13)/b10-7+. The van der Waals surface area contributed by atoms with Gasteiger partial charge in [-0.3, -0.25) is 0 Å². The Balaban J connectivity index is 4.19. The van der Waals surface area contributed by atoms with E-state index < -0.39 is 5.97 Å². The molecular weight excluding hydrogens is 164 g/mol. The molecule has 2 heteroatoms. The monoisotopic (exact) mass is 184 g/mol. The maximum atomic E-state index is 10.5. The quantitative estimate of drug-likeness (QED) is 0.667. The van der Waals surface area contributed by atoms with E-state index in [-0.39, 0.29) is 0 Å². The van der Waals surface area contributed by atoms with Crippen LogP contribution < -0.4 is 0 Å². The third kappa shape index (κ3) is 6.38. The van der Waals surface area contributed by atoms with Crippen LogP contribution in [0.25, 0.3) is 0 Å². The molecular formula is C11H20O2. The van der Waals surface area contributed by atoms with Crippen molar-refractivity contribution in [3.8, 4) is 0 Å². The average Bonchev–Trinajstić information content (AvgIpc) is 1.96. The molecule has 1 N–H and O–H groups in total. The van der Waals surface area contributed by atoms with Crippen LogP contribution in [0.2, 0.25) is 0 Å². The Morgan fingerprint density at radius 1 is 1.31 bits per heavy atom. The molecule has 0 fully saturated rings. The number of carbonyl (C=O) groups is 1. The Kier molecular flexibility index (Phi) is 5.44. The molecule has 0 unspecified atom stereocenters. The molecule has 0 aliphatic heterocycles. The molecule has 0 amide bonds. The van der Waals surface area contributed by atoms with Gasteiger partial charge in [0.05, 0.1) is 0 Å². The van der Waals surface area contributed by atoms with Crippen LogP contribution in [0.15, 0.2) is 11.6 Å². The van der Waals surface area contributed by atoms with Crippen molar-refractivity contribution in [2.24, 2.45) is 11.8 Å². The fraction of sp³-hybridized carbons (Fsp3) is 0.727. The van der Waals surface area contributed by atoms with E-state index in [2.05, 4.69) is 13.8 Å². The van der Waals surface area contributed by atoms with Crippen LogP contribution in [0.4, 0.5) is 0 Å². The van der Waals surface area contributed by atoms with Crippen molar-refractivity contribution >= 4 is 5.97 Å². The molecule has 0 heterocycles. The summed E-state index contributed by atoms with van der Waals surface area (Å²) in [5, 5.41) is 8.62. The zero-order valence-corrected chi connectivity index (χ0v) is 9.00. The van der Waals surface area contributed by atoms with E-state index in [1.54, 1.807) is 0 Å². The van der Waals surface area contributed by atoms with Crippen LogP contribution in [-0.4, -0.2) is 11.1 Å². The minimum Gasteiger partial charge on any atom is -0.478 e. The summed E-state index contributed by atoms with van der Waals surface area (Å²) in [4.78, 5) is 10.5. The van der Waals surface area contributed by atoms with Crippen LogP contribution in [0.3, 0.4) is 0 Å². The number of aliphatic carboxylic acids is 1. The number of hydrogen-bond donors (Lipinski definition) is 1. The van der Waals surface area contributed by atoms with Gasteiger partial charge in [-0.25, -0.2) is 4.79 Å². The summed E-state index contributed by atoms with van der Waals surface area (Å²) in [6, 6.07) is 0. The minimum absolute atomic E-state index is 0.342. The van der Waals surface area contributed by atoms with Crippen molar-refractivity contribution in [1.29, 1.82) is 0 Å². The van der Waals surface area contributed by atoms with Gasteiger partial charge in [0.25, 0.3) is 0 Å². The van der Waals surface area contributed by atoms with Gasteiger partial charge in [-0.15, -0.1) is 0 Å². The molecule has 0 aliphatic rings. The second-order valence-corrected chi connectivity index (χ2v) is 4.14. The molecule has 76 valence electrons. The molecule has 0 saturated carbocycles. The minimum atomic E-state index is -0.826. The summed E-state index contributed by atoms with van der Waals surface area (Å²) >= 11 is 0. The third-order valence-electron chi connectivity index (χ3n) is 2.06. The lowest BCUT2D eigenvalue weighted by molar-refractivity contribution is -0.131. The smallest absolute Gasteiger partial charge is 0.328 e. The number of carboxylic acids is 1. The van der Waals surface area contributed by atoms with Crippen molar-refractivity contribution in [3.05, 3.63) is 11.6 Å². The summed E-state index contributed by atoms with van der Waals surface area (Å²) in [5.74, 6) is 0.151. The van der Waals surface area contributed by atoms with Crippen molar-refractivity contribution in [2.45, 2.75) is 40.5 Å². The van der Waals surface area contributed by atoms with Crippen LogP contribution in [0, 0.1) is 11.8 Å². The van der Waals surface area contributed by atoms with Crippen LogP contribution in [0.5, 0.6) is 0 Å². The van der Waals surface area contributed by atoms with Gasteiger partial charge < -0.3 is 5.11 Å². The third-order valence-corrected chi connectivity index (χ3v) is 2.06. The van der Waals surface area contributed by atoms with Crippen LogP contribution >= 0.6 is 0 Å². The molecule has 0 aromatic rings. The highest BCUT2D eigenvalue weighted by molar-refractivity contribution is 5.80. The van der Waals surface area contributed by atoms with Gasteiger partial charge in [0, 0.05) is 6.08 Å². The number of hydrogen-bond acceptors (Lipinski definition) is 1. The highest BCUT2D eigenvalue weighted by Crippen LogP contribution is 2.18. The number of carboxylic acid groups (broad SMARTS) is 1. The first-order valence-corrected chi connectivity index (χ1v) is 4.86. The normalized spacial score (nSPS) is 12.6. The molecule has 0 aromatic carbocycles. The lowest BCUT2D eigenvalue weighted by atomic mass is 9.94.